The topological polar surface area (TPSA) is 64.3 Å². The van der Waals surface area contributed by atoms with E-state index in [1.54, 1.807) is 24.1 Å². The maximum Gasteiger partial charge on any atom is 0.322 e. The highest BCUT2D eigenvalue weighted by molar-refractivity contribution is 5.90. The first-order valence-electron chi connectivity index (χ1n) is 12.9. The molecule has 6 rings (SSSR count). The largest absolute Gasteiger partial charge is 0.497 e. The van der Waals surface area contributed by atoms with Crippen LogP contribution in [-0.2, 0) is 13.0 Å². The minimum absolute atomic E-state index is 0.282. The van der Waals surface area contributed by atoms with E-state index in [1.807, 2.05) is 77.6 Å². The number of hydrogen-bond acceptors (Lipinski definition) is 3. The lowest BCUT2D eigenvalue weighted by Crippen LogP contribution is -2.38. The molecule has 5 aromatic rings. The van der Waals surface area contributed by atoms with Crippen LogP contribution in [0.3, 0.4) is 0 Å². The van der Waals surface area contributed by atoms with Crippen molar-refractivity contribution in [2.75, 3.05) is 12.4 Å². The van der Waals surface area contributed by atoms with Gasteiger partial charge >= 0.3 is 6.03 Å². The molecule has 8 heteroatoms. The third-order valence-corrected chi connectivity index (χ3v) is 7.05. The monoisotopic (exact) mass is 521 g/mol. The molecule has 3 aromatic carbocycles. The Labute approximate surface area is 226 Å². The van der Waals surface area contributed by atoms with Crippen LogP contribution in [0.15, 0.2) is 97.2 Å². The van der Waals surface area contributed by atoms with Gasteiger partial charge in [-0.25, -0.2) is 13.9 Å². The predicted octanol–water partition coefficient (Wildman–Crippen LogP) is 6.51. The van der Waals surface area contributed by atoms with E-state index in [0.717, 1.165) is 28.5 Å². The van der Waals surface area contributed by atoms with Crippen molar-refractivity contribution < 1.29 is 13.9 Å². The quantitative estimate of drug-likeness (QED) is 0.287. The van der Waals surface area contributed by atoms with Gasteiger partial charge in [0.15, 0.2) is 0 Å². The number of halogens is 1. The summed E-state index contributed by atoms with van der Waals surface area (Å²) in [6.07, 6.45) is 2.67. The van der Waals surface area contributed by atoms with E-state index in [2.05, 4.69) is 16.8 Å². The first-order chi connectivity index (χ1) is 19.1. The molecule has 0 radical (unpaired) electrons. The molecular weight excluding hydrogens is 493 g/mol. The van der Waals surface area contributed by atoms with Crippen molar-refractivity contribution in [1.29, 1.82) is 0 Å². The zero-order valence-corrected chi connectivity index (χ0v) is 21.7. The van der Waals surface area contributed by atoms with E-state index in [1.165, 1.54) is 12.1 Å². The van der Waals surface area contributed by atoms with Crippen LogP contribution in [0.4, 0.5) is 14.9 Å². The number of para-hydroxylation sites is 1. The van der Waals surface area contributed by atoms with Crippen molar-refractivity contribution in [3.63, 3.8) is 0 Å². The highest BCUT2D eigenvalue weighted by Gasteiger charge is 2.36. The Balaban J connectivity index is 1.54. The number of ether oxygens (including phenoxy) is 1. The molecule has 39 heavy (non-hydrogen) atoms. The number of benzene rings is 3. The lowest BCUT2D eigenvalue weighted by atomic mass is 10.0. The SMILES string of the molecule is CCc1nn(-c2ccccc2)c2c1CN(C(=O)Nc1cccc(OC)c1)[C@@H](c1cccc(F)c1)c1cccn1-2. The molecule has 0 spiro atoms. The summed E-state index contributed by atoms with van der Waals surface area (Å²) in [6, 6.07) is 26.7. The summed E-state index contributed by atoms with van der Waals surface area (Å²) in [5, 5.41) is 8.01. The van der Waals surface area contributed by atoms with Crippen molar-refractivity contribution in [3.05, 3.63) is 126 Å². The lowest BCUT2D eigenvalue weighted by Gasteiger charge is -2.31. The highest BCUT2D eigenvalue weighted by Crippen LogP contribution is 2.39. The van der Waals surface area contributed by atoms with Crippen LogP contribution < -0.4 is 10.1 Å². The third-order valence-electron chi connectivity index (χ3n) is 7.05. The van der Waals surface area contributed by atoms with E-state index in [9.17, 15) is 9.18 Å². The van der Waals surface area contributed by atoms with Gasteiger partial charge in [0.25, 0.3) is 0 Å². The third kappa shape index (κ3) is 4.44. The van der Waals surface area contributed by atoms with E-state index in [0.29, 0.717) is 23.4 Å². The number of methoxy groups -OCH3 is 1. The van der Waals surface area contributed by atoms with Crippen molar-refractivity contribution in [3.8, 4) is 17.3 Å². The van der Waals surface area contributed by atoms with Crippen molar-refractivity contribution in [2.45, 2.75) is 25.9 Å². The Morgan fingerprint density at radius 1 is 1.03 bits per heavy atom. The molecule has 0 fully saturated rings. The van der Waals surface area contributed by atoms with Gasteiger partial charge in [0.1, 0.15) is 17.4 Å². The number of carbonyl (C=O) groups excluding carboxylic acids is 1. The lowest BCUT2D eigenvalue weighted by molar-refractivity contribution is 0.194. The number of nitrogens with zero attached hydrogens (tertiary/aromatic N) is 4. The Bertz CT molecular complexity index is 1640. The summed E-state index contributed by atoms with van der Waals surface area (Å²) < 4.78 is 23.9. The zero-order valence-electron chi connectivity index (χ0n) is 21.7. The van der Waals surface area contributed by atoms with Crippen LogP contribution in [0, 0.1) is 5.82 Å². The molecule has 1 atom stereocenters. The molecule has 2 amide bonds. The number of aromatic nitrogens is 3. The second kappa shape index (κ2) is 10.1. The standard InChI is InChI=1S/C31H28FN5O2/c1-3-27-26-20-36(31(38)33-23-12-8-15-25(19-23)39-2)29(21-10-7-11-22(32)18-21)28-16-9-17-35(28)30(26)37(34-27)24-13-5-4-6-14-24/h4-19,29H,3,20H2,1-2H3,(H,33,38)/t29-/m0/s1. The van der Waals surface area contributed by atoms with Crippen molar-refractivity contribution >= 4 is 11.7 Å². The van der Waals surface area contributed by atoms with Crippen LogP contribution >= 0.6 is 0 Å². The Morgan fingerprint density at radius 3 is 2.62 bits per heavy atom. The molecule has 0 unspecified atom stereocenters. The molecule has 2 aromatic heterocycles. The summed E-state index contributed by atoms with van der Waals surface area (Å²) in [5.41, 5.74) is 4.88. The maximum absolute atomic E-state index is 14.5. The van der Waals surface area contributed by atoms with E-state index in [-0.39, 0.29) is 18.4 Å². The van der Waals surface area contributed by atoms with Crippen LogP contribution in [0.1, 0.15) is 35.5 Å². The number of anilines is 1. The van der Waals surface area contributed by atoms with Crippen molar-refractivity contribution in [2.24, 2.45) is 0 Å². The Kier molecular flexibility index (Phi) is 6.36. The zero-order chi connectivity index (χ0) is 26.9. The fraction of sp³-hybridized carbons (Fsp3) is 0.161. The molecular formula is C31H28FN5O2. The number of fused-ring (bicyclic) bond motifs is 3. The average Bonchev–Trinajstić information content (AvgIpc) is 3.54. The van der Waals surface area contributed by atoms with Gasteiger partial charge in [0, 0.05) is 23.5 Å². The van der Waals surface area contributed by atoms with Crippen LogP contribution in [0.5, 0.6) is 5.75 Å². The molecule has 1 N–H and O–H groups in total. The van der Waals surface area contributed by atoms with E-state index < -0.39 is 6.04 Å². The van der Waals surface area contributed by atoms with Gasteiger partial charge in [-0.15, -0.1) is 0 Å². The molecule has 1 aliphatic rings. The number of amides is 2. The second-order valence-corrected chi connectivity index (χ2v) is 9.40. The first-order valence-corrected chi connectivity index (χ1v) is 12.9. The van der Waals surface area contributed by atoms with Gasteiger partial charge < -0.3 is 19.5 Å². The summed E-state index contributed by atoms with van der Waals surface area (Å²) in [7, 11) is 1.59. The first kappa shape index (κ1) is 24.5. The Hall–Kier alpha value is -4.85. The Morgan fingerprint density at radius 2 is 1.85 bits per heavy atom. The minimum Gasteiger partial charge on any atom is -0.497 e. The molecule has 7 nitrogen and oxygen atoms in total. The molecule has 0 bridgehead atoms. The molecule has 0 aliphatic carbocycles. The van der Waals surface area contributed by atoms with Gasteiger partial charge in [-0.1, -0.05) is 43.3 Å². The predicted molar refractivity (Wildman–Crippen MR) is 148 cm³/mol. The number of urea groups is 1. The summed E-state index contributed by atoms with van der Waals surface area (Å²) in [4.78, 5) is 15.8. The van der Waals surface area contributed by atoms with E-state index >= 15 is 0 Å². The minimum atomic E-state index is -0.553. The summed E-state index contributed by atoms with van der Waals surface area (Å²) in [5.74, 6) is 1.15. The van der Waals surface area contributed by atoms with Gasteiger partial charge in [-0.05, 0) is 60.5 Å². The molecule has 0 saturated heterocycles. The van der Waals surface area contributed by atoms with Crippen LogP contribution in [0.2, 0.25) is 0 Å². The van der Waals surface area contributed by atoms with Crippen LogP contribution in [-0.4, -0.2) is 32.4 Å². The van der Waals surface area contributed by atoms with Gasteiger partial charge in [-0.3, -0.25) is 0 Å². The molecule has 1 aliphatic heterocycles. The number of hydrogen-bond donors (Lipinski definition) is 1. The van der Waals surface area contributed by atoms with Gasteiger partial charge in [0.05, 0.1) is 36.8 Å². The van der Waals surface area contributed by atoms with Crippen LogP contribution in [0.25, 0.3) is 11.5 Å². The fourth-order valence-electron chi connectivity index (χ4n) is 5.27. The van der Waals surface area contributed by atoms with Crippen molar-refractivity contribution in [1.82, 2.24) is 19.2 Å². The summed E-state index contributed by atoms with van der Waals surface area (Å²) >= 11 is 0. The van der Waals surface area contributed by atoms with Gasteiger partial charge in [0.2, 0.25) is 0 Å². The fourth-order valence-corrected chi connectivity index (χ4v) is 5.27. The molecule has 196 valence electrons. The molecule has 0 saturated carbocycles. The number of rotatable bonds is 5. The summed E-state index contributed by atoms with van der Waals surface area (Å²) in [6.45, 7) is 2.34. The second-order valence-electron chi connectivity index (χ2n) is 9.40. The number of carbonyl (C=O) groups is 1. The maximum atomic E-state index is 14.5. The smallest absolute Gasteiger partial charge is 0.322 e. The van der Waals surface area contributed by atoms with Gasteiger partial charge in [-0.2, -0.15) is 5.10 Å². The average molecular weight is 522 g/mol. The highest BCUT2D eigenvalue weighted by atomic mass is 19.1. The van der Waals surface area contributed by atoms with E-state index in [4.69, 9.17) is 9.84 Å². The number of nitrogens with one attached hydrogen (secondary N) is 1. The normalized spacial score (nSPS) is 14.3. The number of aryl methyl sites for hydroxylation is 1. The molecule has 3 heterocycles.